The molecule has 1 aromatic heterocycles. The van der Waals surface area contributed by atoms with Crippen molar-refractivity contribution < 1.29 is 18.3 Å². The van der Waals surface area contributed by atoms with Crippen molar-refractivity contribution in [3.63, 3.8) is 0 Å². The number of nitrogens with zero attached hydrogens (tertiary/aromatic N) is 2. The lowest BCUT2D eigenvalue weighted by molar-refractivity contribution is -0.133. The second-order valence-corrected chi connectivity index (χ2v) is 8.13. The van der Waals surface area contributed by atoms with Gasteiger partial charge in [-0.15, -0.1) is 0 Å². The lowest BCUT2D eigenvalue weighted by atomic mass is 10.1. The molecule has 1 aliphatic rings. The predicted molar refractivity (Wildman–Crippen MR) is 122 cm³/mol. The van der Waals surface area contributed by atoms with E-state index in [0.29, 0.717) is 31.8 Å². The van der Waals surface area contributed by atoms with E-state index in [1.165, 1.54) is 30.0 Å². The van der Waals surface area contributed by atoms with Gasteiger partial charge in [0.2, 0.25) is 17.1 Å². The summed E-state index contributed by atoms with van der Waals surface area (Å²) >= 11 is 0. The van der Waals surface area contributed by atoms with Gasteiger partial charge in [0.15, 0.2) is 0 Å². The number of ether oxygens (including phenoxy) is 1. The van der Waals surface area contributed by atoms with Crippen LogP contribution in [0.5, 0.6) is 5.75 Å². The Labute approximate surface area is 192 Å². The van der Waals surface area contributed by atoms with Crippen molar-refractivity contribution in [2.75, 3.05) is 26.2 Å². The normalized spacial score (nSPS) is 14.3. The van der Waals surface area contributed by atoms with E-state index >= 15 is 0 Å². The molecule has 0 saturated carbocycles. The van der Waals surface area contributed by atoms with Crippen LogP contribution in [0.4, 0.5) is 4.39 Å². The molecule has 1 fully saturated rings. The van der Waals surface area contributed by atoms with Crippen LogP contribution in [0.25, 0.3) is 0 Å². The van der Waals surface area contributed by atoms with Gasteiger partial charge in [-0.05, 0) is 29.7 Å². The molecular formula is C26H27FN2O4. The van der Waals surface area contributed by atoms with Gasteiger partial charge in [0.05, 0.1) is 6.54 Å². The number of carbonyl (C=O) groups is 1. The lowest BCUT2D eigenvalue weighted by Crippen LogP contribution is -2.48. The molecular weight excluding hydrogens is 423 g/mol. The zero-order valence-corrected chi connectivity index (χ0v) is 18.4. The van der Waals surface area contributed by atoms with Crippen molar-refractivity contribution >= 4 is 5.91 Å². The first-order valence-corrected chi connectivity index (χ1v) is 11.1. The van der Waals surface area contributed by atoms with Crippen molar-refractivity contribution in [1.82, 2.24) is 9.80 Å². The first kappa shape index (κ1) is 22.7. The van der Waals surface area contributed by atoms with Crippen LogP contribution in [0, 0.1) is 5.82 Å². The highest BCUT2D eigenvalue weighted by atomic mass is 19.1. The lowest BCUT2D eigenvalue weighted by Gasteiger charge is -2.34. The van der Waals surface area contributed by atoms with Crippen LogP contribution >= 0.6 is 0 Å². The molecule has 1 saturated heterocycles. The van der Waals surface area contributed by atoms with Gasteiger partial charge in [0.1, 0.15) is 24.4 Å². The molecule has 0 N–H and O–H groups in total. The monoisotopic (exact) mass is 450 g/mol. The minimum atomic E-state index is -0.319. The van der Waals surface area contributed by atoms with Gasteiger partial charge in [0.25, 0.3) is 0 Å². The fourth-order valence-electron chi connectivity index (χ4n) is 3.80. The Bertz CT molecular complexity index is 1110. The Kier molecular flexibility index (Phi) is 7.52. The summed E-state index contributed by atoms with van der Waals surface area (Å²) in [6, 6.07) is 17.4. The van der Waals surface area contributed by atoms with Crippen LogP contribution in [0.15, 0.2) is 76.1 Å². The van der Waals surface area contributed by atoms with E-state index in [-0.39, 0.29) is 29.5 Å². The summed E-state index contributed by atoms with van der Waals surface area (Å²) < 4.78 is 24.1. The van der Waals surface area contributed by atoms with E-state index < -0.39 is 0 Å². The van der Waals surface area contributed by atoms with Crippen LogP contribution in [-0.4, -0.2) is 41.9 Å². The maximum Gasteiger partial charge on any atom is 0.227 e. The standard InChI is InChI=1S/C26H27FN2O4/c27-22-9-6-21(7-10-22)18-33-25-19-32-23(16-24(25)30)17-28-12-14-29(15-13-28)26(31)11-8-20-4-2-1-3-5-20/h1-7,9-10,16,19H,8,11-15,17-18H2. The molecule has 2 heterocycles. The zero-order chi connectivity index (χ0) is 23.0. The van der Waals surface area contributed by atoms with Gasteiger partial charge >= 0.3 is 0 Å². The molecule has 0 bridgehead atoms. The number of hydrogen-bond acceptors (Lipinski definition) is 5. The quantitative estimate of drug-likeness (QED) is 0.525. The first-order valence-electron chi connectivity index (χ1n) is 11.1. The molecule has 7 heteroatoms. The molecule has 6 nitrogen and oxygen atoms in total. The highest BCUT2D eigenvalue weighted by Gasteiger charge is 2.21. The van der Waals surface area contributed by atoms with Gasteiger partial charge in [-0.25, -0.2) is 4.39 Å². The van der Waals surface area contributed by atoms with Crippen molar-refractivity contribution in [1.29, 1.82) is 0 Å². The average Bonchev–Trinajstić information content (AvgIpc) is 2.84. The van der Waals surface area contributed by atoms with Crippen LogP contribution in [-0.2, 0) is 24.4 Å². The molecule has 0 spiro atoms. The van der Waals surface area contributed by atoms with Crippen LogP contribution < -0.4 is 10.2 Å². The SMILES string of the molecule is O=C(CCc1ccccc1)N1CCN(Cc2cc(=O)c(OCc3ccc(F)cc3)co2)CC1. The first-order chi connectivity index (χ1) is 16.1. The molecule has 33 heavy (non-hydrogen) atoms. The third-order valence-electron chi connectivity index (χ3n) is 5.73. The van der Waals surface area contributed by atoms with Gasteiger partial charge in [-0.3, -0.25) is 14.5 Å². The summed E-state index contributed by atoms with van der Waals surface area (Å²) in [7, 11) is 0. The number of aryl methyl sites for hydroxylation is 1. The third kappa shape index (κ3) is 6.52. The molecule has 0 atom stereocenters. The second kappa shape index (κ2) is 10.9. The Morgan fingerprint density at radius 1 is 0.970 bits per heavy atom. The number of rotatable bonds is 8. The number of carbonyl (C=O) groups excluding carboxylic acids is 1. The molecule has 0 radical (unpaired) electrons. The third-order valence-corrected chi connectivity index (χ3v) is 5.73. The molecule has 2 aromatic carbocycles. The zero-order valence-electron chi connectivity index (χ0n) is 18.4. The fraction of sp³-hybridized carbons (Fsp3) is 0.308. The van der Waals surface area contributed by atoms with E-state index in [1.54, 1.807) is 12.1 Å². The molecule has 4 rings (SSSR count). The Hall–Kier alpha value is -3.45. The van der Waals surface area contributed by atoms with Gasteiger partial charge in [-0.1, -0.05) is 42.5 Å². The van der Waals surface area contributed by atoms with Crippen LogP contribution in [0.1, 0.15) is 23.3 Å². The highest BCUT2D eigenvalue weighted by Crippen LogP contribution is 2.13. The Morgan fingerprint density at radius 3 is 2.39 bits per heavy atom. The summed E-state index contributed by atoms with van der Waals surface area (Å²) in [5.41, 5.74) is 1.67. The number of hydrogen-bond donors (Lipinski definition) is 0. The Morgan fingerprint density at radius 2 is 1.70 bits per heavy atom. The summed E-state index contributed by atoms with van der Waals surface area (Å²) in [5, 5.41) is 0. The molecule has 172 valence electrons. The van der Waals surface area contributed by atoms with E-state index in [4.69, 9.17) is 9.15 Å². The maximum absolute atomic E-state index is 13.0. The van der Waals surface area contributed by atoms with E-state index in [1.807, 2.05) is 35.2 Å². The fourth-order valence-corrected chi connectivity index (χ4v) is 3.80. The molecule has 0 aliphatic carbocycles. The molecule has 1 aliphatic heterocycles. The summed E-state index contributed by atoms with van der Waals surface area (Å²) in [6.45, 7) is 3.44. The number of amides is 1. The largest absolute Gasteiger partial charge is 0.482 e. The van der Waals surface area contributed by atoms with Gasteiger partial charge in [0, 0.05) is 38.7 Å². The topological polar surface area (TPSA) is 63.0 Å². The van der Waals surface area contributed by atoms with Crippen molar-refractivity contribution in [2.24, 2.45) is 0 Å². The van der Waals surface area contributed by atoms with E-state index in [2.05, 4.69) is 4.90 Å². The summed E-state index contributed by atoms with van der Waals surface area (Å²) in [6.07, 6.45) is 2.59. The van der Waals surface area contributed by atoms with E-state index in [0.717, 1.165) is 25.1 Å². The predicted octanol–water partition coefficient (Wildman–Crippen LogP) is 3.63. The summed E-state index contributed by atoms with van der Waals surface area (Å²) in [5.74, 6) is 0.530. The van der Waals surface area contributed by atoms with E-state index in [9.17, 15) is 14.0 Å². The van der Waals surface area contributed by atoms with Gasteiger partial charge in [-0.2, -0.15) is 0 Å². The van der Waals surface area contributed by atoms with Crippen molar-refractivity contribution in [2.45, 2.75) is 26.0 Å². The smallest absolute Gasteiger partial charge is 0.227 e. The second-order valence-electron chi connectivity index (χ2n) is 8.13. The molecule has 0 unspecified atom stereocenters. The Balaban J connectivity index is 1.22. The van der Waals surface area contributed by atoms with Crippen molar-refractivity contribution in [3.8, 4) is 5.75 Å². The van der Waals surface area contributed by atoms with Crippen LogP contribution in [0.3, 0.4) is 0 Å². The number of halogens is 1. The highest BCUT2D eigenvalue weighted by molar-refractivity contribution is 5.76. The van der Waals surface area contributed by atoms with Crippen LogP contribution in [0.2, 0.25) is 0 Å². The minimum absolute atomic E-state index is 0.122. The minimum Gasteiger partial charge on any atom is -0.482 e. The average molecular weight is 451 g/mol. The molecule has 1 amide bonds. The van der Waals surface area contributed by atoms with Crippen molar-refractivity contribution in [3.05, 3.63) is 99.9 Å². The number of piperazine rings is 1. The maximum atomic E-state index is 13.0. The van der Waals surface area contributed by atoms with Gasteiger partial charge < -0.3 is 14.1 Å². The number of benzene rings is 2. The summed E-state index contributed by atoms with van der Waals surface area (Å²) in [4.78, 5) is 29.0. The molecule has 3 aromatic rings.